The molecule has 2 rings (SSSR count). The number of aromatic nitrogens is 3. The van der Waals surface area contributed by atoms with Crippen LogP contribution in [0.3, 0.4) is 0 Å². The quantitative estimate of drug-likeness (QED) is 0.482. The molecule has 0 unspecified atom stereocenters. The number of hydrogen-bond donors (Lipinski definition) is 0. The van der Waals surface area contributed by atoms with E-state index in [1.165, 1.54) is 64.2 Å². The average Bonchev–Trinajstić information content (AvgIpc) is 3.06. The van der Waals surface area contributed by atoms with Crippen molar-refractivity contribution >= 4 is 0 Å². The summed E-state index contributed by atoms with van der Waals surface area (Å²) in [5, 5.41) is 4.23. The molecule has 0 bridgehead atoms. The first-order valence-corrected chi connectivity index (χ1v) is 9.29. The van der Waals surface area contributed by atoms with Crippen LogP contribution in [-0.2, 0) is 6.42 Å². The SMILES string of the molecule is CCCCCCCCCCCCc1n[c]nn1-c1ccccc1. The van der Waals surface area contributed by atoms with E-state index in [0.717, 1.165) is 17.9 Å². The zero-order valence-electron chi connectivity index (χ0n) is 14.5. The predicted octanol–water partition coefficient (Wildman–Crippen LogP) is 5.53. The summed E-state index contributed by atoms with van der Waals surface area (Å²) in [6.45, 7) is 2.27. The lowest BCUT2D eigenvalue weighted by Crippen LogP contribution is -2.03. The summed E-state index contributed by atoms with van der Waals surface area (Å²) in [5.41, 5.74) is 1.07. The highest BCUT2D eigenvalue weighted by Crippen LogP contribution is 2.13. The molecule has 0 N–H and O–H groups in total. The van der Waals surface area contributed by atoms with Crippen LogP contribution in [0, 0.1) is 6.33 Å². The minimum atomic E-state index is 0.988. The van der Waals surface area contributed by atoms with Gasteiger partial charge in [-0.15, -0.1) is 5.10 Å². The Morgan fingerprint density at radius 2 is 1.43 bits per heavy atom. The topological polar surface area (TPSA) is 30.7 Å². The van der Waals surface area contributed by atoms with Gasteiger partial charge in [-0.25, -0.2) is 9.67 Å². The van der Waals surface area contributed by atoms with Gasteiger partial charge in [-0.05, 0) is 18.6 Å². The van der Waals surface area contributed by atoms with Crippen LogP contribution in [-0.4, -0.2) is 14.8 Å². The summed E-state index contributed by atoms with van der Waals surface area (Å²) in [4.78, 5) is 4.30. The molecule has 0 atom stereocenters. The molecule has 0 aliphatic carbocycles. The summed E-state index contributed by atoms with van der Waals surface area (Å²) in [5.74, 6) is 1.02. The van der Waals surface area contributed by atoms with E-state index in [-0.39, 0.29) is 0 Å². The number of para-hydroxylation sites is 1. The van der Waals surface area contributed by atoms with Gasteiger partial charge in [0.1, 0.15) is 5.82 Å². The van der Waals surface area contributed by atoms with Gasteiger partial charge in [0.2, 0.25) is 6.33 Å². The second kappa shape index (κ2) is 11.0. The van der Waals surface area contributed by atoms with Gasteiger partial charge >= 0.3 is 0 Å². The number of aryl methyl sites for hydroxylation is 1. The van der Waals surface area contributed by atoms with E-state index in [9.17, 15) is 0 Å². The van der Waals surface area contributed by atoms with Crippen LogP contribution in [0.1, 0.15) is 77.0 Å². The van der Waals surface area contributed by atoms with Gasteiger partial charge in [-0.2, -0.15) is 0 Å². The maximum absolute atomic E-state index is 4.30. The van der Waals surface area contributed by atoms with E-state index in [1.54, 1.807) is 0 Å². The van der Waals surface area contributed by atoms with E-state index in [2.05, 4.69) is 35.5 Å². The van der Waals surface area contributed by atoms with Gasteiger partial charge in [0, 0.05) is 6.42 Å². The Hall–Kier alpha value is -1.64. The highest BCUT2D eigenvalue weighted by Gasteiger charge is 2.06. The lowest BCUT2D eigenvalue weighted by atomic mass is 10.1. The number of rotatable bonds is 12. The van der Waals surface area contributed by atoms with Crippen molar-refractivity contribution in [1.29, 1.82) is 0 Å². The van der Waals surface area contributed by atoms with Crippen LogP contribution in [0.2, 0.25) is 0 Å². The molecule has 0 aliphatic rings. The monoisotopic (exact) mass is 312 g/mol. The molecule has 1 heterocycles. The molecule has 0 saturated carbocycles. The van der Waals surface area contributed by atoms with Gasteiger partial charge in [0.25, 0.3) is 0 Å². The normalized spacial score (nSPS) is 11.0. The van der Waals surface area contributed by atoms with Gasteiger partial charge in [-0.1, -0.05) is 82.9 Å². The standard InChI is InChI=1S/C20H30N3/c1-2-3-4-5-6-7-8-9-10-14-17-20-21-18-22-23(20)19-15-12-11-13-16-19/h11-13,15-16H,2-10,14,17H2,1H3. The highest BCUT2D eigenvalue weighted by atomic mass is 15.3. The van der Waals surface area contributed by atoms with Crippen molar-refractivity contribution in [3.63, 3.8) is 0 Å². The molecule has 125 valence electrons. The molecular formula is C20H30N3. The lowest BCUT2D eigenvalue weighted by Gasteiger charge is -2.06. The van der Waals surface area contributed by atoms with Crippen molar-refractivity contribution < 1.29 is 0 Å². The first-order chi connectivity index (χ1) is 11.4. The first-order valence-electron chi connectivity index (χ1n) is 9.29. The number of hydrogen-bond acceptors (Lipinski definition) is 2. The van der Waals surface area contributed by atoms with Gasteiger partial charge in [0.05, 0.1) is 5.69 Å². The third-order valence-electron chi connectivity index (χ3n) is 4.32. The Kier molecular flexibility index (Phi) is 8.46. The van der Waals surface area contributed by atoms with Crippen LogP contribution in [0.15, 0.2) is 30.3 Å². The zero-order chi connectivity index (χ0) is 16.2. The molecule has 23 heavy (non-hydrogen) atoms. The summed E-state index contributed by atoms with van der Waals surface area (Å²) >= 11 is 0. The van der Waals surface area contributed by atoms with Crippen molar-refractivity contribution in [1.82, 2.24) is 14.8 Å². The van der Waals surface area contributed by atoms with Gasteiger partial charge < -0.3 is 0 Å². The van der Waals surface area contributed by atoms with Crippen molar-refractivity contribution in [2.45, 2.75) is 77.6 Å². The number of unbranched alkanes of at least 4 members (excludes halogenated alkanes) is 9. The van der Waals surface area contributed by atoms with E-state index >= 15 is 0 Å². The molecule has 0 amide bonds. The minimum absolute atomic E-state index is 0.988. The van der Waals surface area contributed by atoms with Crippen LogP contribution >= 0.6 is 0 Å². The van der Waals surface area contributed by atoms with E-state index < -0.39 is 0 Å². The number of nitrogens with zero attached hydrogens (tertiary/aromatic N) is 3. The molecule has 0 saturated heterocycles. The van der Waals surface area contributed by atoms with E-state index in [1.807, 2.05) is 22.9 Å². The maximum atomic E-state index is 4.30. The van der Waals surface area contributed by atoms with Crippen LogP contribution < -0.4 is 0 Å². The fourth-order valence-corrected chi connectivity index (χ4v) is 2.94. The van der Waals surface area contributed by atoms with Gasteiger partial charge in [-0.3, -0.25) is 0 Å². The third kappa shape index (κ3) is 6.55. The molecular weight excluding hydrogens is 282 g/mol. The molecule has 1 aromatic carbocycles. The third-order valence-corrected chi connectivity index (χ3v) is 4.32. The Balaban J connectivity index is 1.58. The zero-order valence-corrected chi connectivity index (χ0v) is 14.5. The molecule has 3 heteroatoms. The van der Waals surface area contributed by atoms with E-state index in [0.29, 0.717) is 0 Å². The fourth-order valence-electron chi connectivity index (χ4n) is 2.94. The molecule has 0 aliphatic heterocycles. The molecule has 2 aromatic rings. The van der Waals surface area contributed by atoms with Crippen molar-refractivity contribution in [2.75, 3.05) is 0 Å². The Morgan fingerprint density at radius 3 is 2.09 bits per heavy atom. The second-order valence-corrected chi connectivity index (χ2v) is 6.31. The smallest absolute Gasteiger partial charge is 0.217 e. The summed E-state index contributed by atoms with van der Waals surface area (Å²) < 4.78 is 1.91. The second-order valence-electron chi connectivity index (χ2n) is 6.31. The fraction of sp³-hybridized carbons (Fsp3) is 0.600. The van der Waals surface area contributed by atoms with Gasteiger partial charge in [0.15, 0.2) is 0 Å². The summed E-state index contributed by atoms with van der Waals surface area (Å²) in [6, 6.07) is 10.2. The molecule has 1 radical (unpaired) electrons. The first kappa shape index (κ1) is 17.7. The minimum Gasteiger partial charge on any atom is -0.217 e. The number of benzene rings is 1. The van der Waals surface area contributed by atoms with E-state index in [4.69, 9.17) is 0 Å². The molecule has 3 nitrogen and oxygen atoms in total. The lowest BCUT2D eigenvalue weighted by molar-refractivity contribution is 0.552. The summed E-state index contributed by atoms with van der Waals surface area (Å²) in [6.07, 6.45) is 17.3. The van der Waals surface area contributed by atoms with Crippen LogP contribution in [0.4, 0.5) is 0 Å². The van der Waals surface area contributed by atoms with Crippen LogP contribution in [0.5, 0.6) is 0 Å². The Morgan fingerprint density at radius 1 is 0.826 bits per heavy atom. The molecule has 1 aromatic heterocycles. The van der Waals surface area contributed by atoms with Crippen molar-refractivity contribution in [2.24, 2.45) is 0 Å². The van der Waals surface area contributed by atoms with Crippen molar-refractivity contribution in [3.05, 3.63) is 42.5 Å². The molecule has 0 spiro atoms. The van der Waals surface area contributed by atoms with Crippen molar-refractivity contribution in [3.8, 4) is 5.69 Å². The largest absolute Gasteiger partial charge is 0.221 e. The maximum Gasteiger partial charge on any atom is 0.221 e. The highest BCUT2D eigenvalue weighted by molar-refractivity contribution is 5.30. The Bertz CT molecular complexity index is 519. The Labute approximate surface area is 141 Å². The average molecular weight is 312 g/mol. The summed E-state index contributed by atoms with van der Waals surface area (Å²) in [7, 11) is 0. The predicted molar refractivity (Wildman–Crippen MR) is 95.7 cm³/mol. The van der Waals surface area contributed by atoms with Crippen LogP contribution in [0.25, 0.3) is 5.69 Å². The molecule has 0 fully saturated rings.